The summed E-state index contributed by atoms with van der Waals surface area (Å²) in [6.45, 7) is 0. The van der Waals surface area contributed by atoms with Crippen LogP contribution in [0.2, 0.25) is 0 Å². The van der Waals surface area contributed by atoms with Gasteiger partial charge in [0.15, 0.2) is 0 Å². The minimum atomic E-state index is 1.04. The lowest BCUT2D eigenvalue weighted by molar-refractivity contribution is 1.20. The number of benzene rings is 1. The van der Waals surface area contributed by atoms with Crippen molar-refractivity contribution in [3.05, 3.63) is 52.9 Å². The van der Waals surface area contributed by atoms with Gasteiger partial charge in [-0.15, -0.1) is 0 Å². The summed E-state index contributed by atoms with van der Waals surface area (Å²) >= 11 is 0. The van der Waals surface area contributed by atoms with E-state index in [4.69, 9.17) is 0 Å². The molecule has 76 valence electrons. The highest BCUT2D eigenvalue weighted by Crippen LogP contribution is 2.34. The normalized spacial score (nSPS) is 15.8. The van der Waals surface area contributed by atoms with E-state index in [2.05, 4.69) is 41.4 Å². The second kappa shape index (κ2) is 2.82. The zero-order valence-electron chi connectivity index (χ0n) is 8.90. The molecule has 0 unspecified atom stereocenters. The van der Waals surface area contributed by atoms with Gasteiger partial charge in [0, 0.05) is 17.1 Å². The molecule has 0 N–H and O–H groups in total. The topological polar surface area (TPSA) is 12.9 Å². The van der Waals surface area contributed by atoms with Gasteiger partial charge in [0.05, 0.1) is 5.69 Å². The molecule has 0 aliphatic heterocycles. The fourth-order valence-corrected chi connectivity index (χ4v) is 2.78. The monoisotopic (exact) mass is 205 g/mol. The van der Waals surface area contributed by atoms with Gasteiger partial charge < -0.3 is 0 Å². The molecule has 1 heterocycles. The molecule has 0 saturated heterocycles. The molecule has 0 radical (unpaired) electrons. The number of allylic oxidation sites excluding steroid dienone is 2. The van der Waals surface area contributed by atoms with Crippen molar-refractivity contribution in [3.63, 3.8) is 0 Å². The molecule has 16 heavy (non-hydrogen) atoms. The highest BCUT2D eigenvalue weighted by Gasteiger charge is 2.16. The Hall–Kier alpha value is -1.89. The van der Waals surface area contributed by atoms with Gasteiger partial charge in [-0.1, -0.05) is 30.4 Å². The first kappa shape index (κ1) is 8.28. The minimum absolute atomic E-state index is 1.04. The Morgan fingerprint density at radius 2 is 1.62 bits per heavy atom. The molecule has 0 saturated carbocycles. The van der Waals surface area contributed by atoms with E-state index < -0.39 is 0 Å². The third-order valence-corrected chi connectivity index (χ3v) is 3.51. The number of aromatic nitrogens is 1. The maximum atomic E-state index is 4.55. The molecular formula is C15H11N. The summed E-state index contributed by atoms with van der Waals surface area (Å²) in [5.41, 5.74) is 5.27. The first-order valence-electron chi connectivity index (χ1n) is 5.70. The van der Waals surface area contributed by atoms with Crippen LogP contribution in [0, 0.1) is 0 Å². The predicted molar refractivity (Wildman–Crippen MR) is 67.2 cm³/mol. The van der Waals surface area contributed by atoms with E-state index in [0.717, 1.165) is 18.5 Å². The summed E-state index contributed by atoms with van der Waals surface area (Å²) in [4.78, 5) is 4.55. The highest BCUT2D eigenvalue weighted by atomic mass is 14.7. The van der Waals surface area contributed by atoms with Crippen LogP contribution < -0.4 is 0 Å². The summed E-state index contributed by atoms with van der Waals surface area (Å²) in [7, 11) is 0. The Morgan fingerprint density at radius 1 is 0.875 bits per heavy atom. The van der Waals surface area contributed by atoms with Gasteiger partial charge in [-0.3, -0.25) is 4.98 Å². The molecular weight excluding hydrogens is 194 g/mol. The minimum Gasteiger partial charge on any atom is -0.256 e. The van der Waals surface area contributed by atoms with E-state index >= 15 is 0 Å². The van der Waals surface area contributed by atoms with Gasteiger partial charge in [-0.25, -0.2) is 0 Å². The van der Waals surface area contributed by atoms with Crippen molar-refractivity contribution in [3.8, 4) is 0 Å². The van der Waals surface area contributed by atoms with Crippen LogP contribution >= 0.6 is 0 Å². The molecule has 2 aliphatic carbocycles. The lowest BCUT2D eigenvalue weighted by Crippen LogP contribution is -2.01. The van der Waals surface area contributed by atoms with Crippen LogP contribution in [0.4, 0.5) is 0 Å². The third-order valence-electron chi connectivity index (χ3n) is 3.51. The zero-order valence-corrected chi connectivity index (χ0v) is 8.90. The zero-order chi connectivity index (χ0) is 10.5. The lowest BCUT2D eigenvalue weighted by Gasteiger charge is -2.18. The number of rotatable bonds is 0. The molecule has 1 heteroatoms. The highest BCUT2D eigenvalue weighted by molar-refractivity contribution is 6.01. The van der Waals surface area contributed by atoms with E-state index in [9.17, 15) is 0 Å². The van der Waals surface area contributed by atoms with Crippen molar-refractivity contribution in [1.82, 2.24) is 4.98 Å². The van der Waals surface area contributed by atoms with Gasteiger partial charge in [0.25, 0.3) is 0 Å². The number of nitrogens with zero attached hydrogens (tertiary/aromatic N) is 1. The van der Waals surface area contributed by atoms with Gasteiger partial charge in [-0.2, -0.15) is 0 Å². The second-order valence-electron chi connectivity index (χ2n) is 4.45. The Labute approximate surface area is 94.1 Å². The van der Waals surface area contributed by atoms with E-state index in [-0.39, 0.29) is 0 Å². The molecule has 0 spiro atoms. The first-order valence-corrected chi connectivity index (χ1v) is 5.70. The van der Waals surface area contributed by atoms with E-state index in [1.54, 1.807) is 0 Å². The van der Waals surface area contributed by atoms with Crippen LogP contribution in [0.1, 0.15) is 22.4 Å². The van der Waals surface area contributed by atoms with Crippen molar-refractivity contribution in [2.75, 3.05) is 0 Å². The van der Waals surface area contributed by atoms with Gasteiger partial charge in [0.1, 0.15) is 0 Å². The molecule has 2 aliphatic rings. The summed E-state index contributed by atoms with van der Waals surface area (Å²) < 4.78 is 0. The predicted octanol–water partition coefficient (Wildman–Crippen LogP) is 3.37. The second-order valence-corrected chi connectivity index (χ2v) is 4.45. The molecule has 1 nitrogen and oxygen atoms in total. The quantitative estimate of drug-likeness (QED) is 0.642. The number of pyridine rings is 1. The standard InChI is InChI=1S/C15H11N/c1-3-10-7-8-11-4-2-6-13-15(11)14(10)12(5-1)9-16-13/h1-2,5-9H,3-4H2. The molecule has 2 aromatic rings. The fraction of sp³-hybridized carbons (Fsp3) is 0.133. The third kappa shape index (κ3) is 0.929. The van der Waals surface area contributed by atoms with Crippen LogP contribution in [0.15, 0.2) is 30.5 Å². The smallest absolute Gasteiger partial charge is 0.0708 e. The van der Waals surface area contributed by atoms with Crippen LogP contribution in [0.3, 0.4) is 0 Å². The summed E-state index contributed by atoms with van der Waals surface area (Å²) in [6, 6.07) is 4.53. The van der Waals surface area contributed by atoms with Crippen molar-refractivity contribution >= 4 is 22.9 Å². The molecule has 0 atom stereocenters. The van der Waals surface area contributed by atoms with Crippen molar-refractivity contribution in [1.29, 1.82) is 0 Å². The van der Waals surface area contributed by atoms with Crippen LogP contribution in [-0.4, -0.2) is 4.98 Å². The van der Waals surface area contributed by atoms with E-state index in [1.807, 2.05) is 6.20 Å². The number of hydrogen-bond acceptors (Lipinski definition) is 1. The molecule has 0 fully saturated rings. The summed E-state index contributed by atoms with van der Waals surface area (Å²) in [5, 5.41) is 2.80. The van der Waals surface area contributed by atoms with Gasteiger partial charge in [0.2, 0.25) is 0 Å². The Morgan fingerprint density at radius 3 is 2.50 bits per heavy atom. The van der Waals surface area contributed by atoms with Crippen molar-refractivity contribution < 1.29 is 0 Å². The van der Waals surface area contributed by atoms with Crippen LogP contribution in [0.5, 0.6) is 0 Å². The van der Waals surface area contributed by atoms with E-state index in [0.29, 0.717) is 0 Å². The molecule has 1 aromatic carbocycles. The van der Waals surface area contributed by atoms with Crippen molar-refractivity contribution in [2.24, 2.45) is 0 Å². The van der Waals surface area contributed by atoms with Gasteiger partial charge >= 0.3 is 0 Å². The lowest BCUT2D eigenvalue weighted by atomic mass is 9.88. The fourth-order valence-electron chi connectivity index (χ4n) is 2.78. The van der Waals surface area contributed by atoms with Crippen molar-refractivity contribution in [2.45, 2.75) is 12.8 Å². The Balaban J connectivity index is 2.29. The maximum Gasteiger partial charge on any atom is 0.0708 e. The summed E-state index contributed by atoms with van der Waals surface area (Å²) in [6.07, 6.45) is 12.9. The van der Waals surface area contributed by atoms with E-state index in [1.165, 1.54) is 27.5 Å². The van der Waals surface area contributed by atoms with Crippen LogP contribution in [-0.2, 0) is 12.8 Å². The molecule has 4 rings (SSSR count). The number of hydrogen-bond donors (Lipinski definition) is 0. The SMILES string of the molecule is C1=Cc2cnc3c4c(ccc(c24)C1)CC=C3. The summed E-state index contributed by atoms with van der Waals surface area (Å²) in [5.74, 6) is 0. The average molecular weight is 205 g/mol. The first-order chi connectivity index (χ1) is 7.93. The largest absolute Gasteiger partial charge is 0.256 e. The molecule has 0 amide bonds. The Bertz CT molecular complexity index is 604. The van der Waals surface area contributed by atoms with Gasteiger partial charge in [-0.05, 0) is 35.4 Å². The average Bonchev–Trinajstić information content (AvgIpc) is 2.36. The van der Waals surface area contributed by atoms with Crippen LogP contribution in [0.25, 0.3) is 22.9 Å². The molecule has 1 aromatic heterocycles. The molecule has 0 bridgehead atoms. The Kier molecular flexibility index (Phi) is 1.46. The maximum absolute atomic E-state index is 4.55.